The molecular weight excluding hydrogens is 382 g/mol. The number of aromatic nitrogens is 2. The summed E-state index contributed by atoms with van der Waals surface area (Å²) in [6.07, 6.45) is 12.3. The predicted octanol–water partition coefficient (Wildman–Crippen LogP) is 3.30. The summed E-state index contributed by atoms with van der Waals surface area (Å²) in [7, 11) is 0. The molecule has 28 heavy (non-hydrogen) atoms. The molecule has 3 rings (SSSR count). The van der Waals surface area contributed by atoms with Crippen molar-refractivity contribution in [2.24, 2.45) is 0 Å². The molecule has 8 heteroatoms. The SMILES string of the molecule is C#CCN(c1ccnc2cc(Cl)ccc12)n1cccc1.O=C(O)/C=C\C(=O)O. The van der Waals surface area contributed by atoms with E-state index in [1.54, 1.807) is 6.20 Å². The first-order chi connectivity index (χ1) is 13.4. The van der Waals surface area contributed by atoms with Crippen molar-refractivity contribution in [3.63, 3.8) is 0 Å². The summed E-state index contributed by atoms with van der Waals surface area (Å²) < 4.78 is 1.96. The zero-order chi connectivity index (χ0) is 20.5. The molecule has 0 amide bonds. The van der Waals surface area contributed by atoms with E-state index in [1.807, 2.05) is 58.5 Å². The van der Waals surface area contributed by atoms with Crippen LogP contribution in [0.15, 0.2) is 67.1 Å². The molecular formula is C20H16ClN3O4. The molecule has 2 N–H and O–H groups in total. The van der Waals surface area contributed by atoms with Gasteiger partial charge in [-0.15, -0.1) is 6.42 Å². The van der Waals surface area contributed by atoms with Gasteiger partial charge in [0.25, 0.3) is 0 Å². The van der Waals surface area contributed by atoms with Gasteiger partial charge in [0.15, 0.2) is 0 Å². The molecule has 0 bridgehead atoms. The highest BCUT2D eigenvalue weighted by molar-refractivity contribution is 6.31. The fourth-order valence-electron chi connectivity index (χ4n) is 2.34. The molecule has 2 aromatic heterocycles. The van der Waals surface area contributed by atoms with E-state index in [4.69, 9.17) is 28.2 Å². The summed E-state index contributed by atoms with van der Waals surface area (Å²) >= 11 is 6.02. The summed E-state index contributed by atoms with van der Waals surface area (Å²) in [6, 6.07) is 11.6. The Morgan fingerprint density at radius 1 is 1.18 bits per heavy atom. The van der Waals surface area contributed by atoms with Gasteiger partial charge in [-0.25, -0.2) is 9.59 Å². The second-order valence-electron chi connectivity index (χ2n) is 5.33. The highest BCUT2D eigenvalue weighted by atomic mass is 35.5. The van der Waals surface area contributed by atoms with Crippen LogP contribution in [0.3, 0.4) is 0 Å². The van der Waals surface area contributed by atoms with Crippen LogP contribution >= 0.6 is 11.6 Å². The quantitative estimate of drug-likeness (QED) is 0.506. The van der Waals surface area contributed by atoms with E-state index in [0.29, 0.717) is 23.7 Å². The second kappa shape index (κ2) is 9.80. The lowest BCUT2D eigenvalue weighted by Crippen LogP contribution is -2.28. The molecule has 0 aliphatic rings. The molecule has 0 radical (unpaired) electrons. The van der Waals surface area contributed by atoms with Crippen molar-refractivity contribution in [1.29, 1.82) is 0 Å². The number of hydrogen-bond acceptors (Lipinski definition) is 4. The van der Waals surface area contributed by atoms with Crippen molar-refractivity contribution in [2.45, 2.75) is 0 Å². The van der Waals surface area contributed by atoms with Crippen molar-refractivity contribution in [3.8, 4) is 12.3 Å². The number of aliphatic carboxylic acids is 2. The van der Waals surface area contributed by atoms with Gasteiger partial charge in [0.05, 0.1) is 11.2 Å². The van der Waals surface area contributed by atoms with Crippen LogP contribution < -0.4 is 5.01 Å². The number of benzene rings is 1. The molecule has 0 saturated carbocycles. The van der Waals surface area contributed by atoms with E-state index in [-0.39, 0.29) is 0 Å². The number of terminal acetylenes is 1. The second-order valence-corrected chi connectivity index (χ2v) is 5.76. The van der Waals surface area contributed by atoms with Crippen LogP contribution in [-0.2, 0) is 9.59 Å². The van der Waals surface area contributed by atoms with Gasteiger partial charge in [0.2, 0.25) is 0 Å². The standard InChI is InChI=1S/C16H12ClN3.C4H4O4/c1-2-9-20(19-10-3-4-11-19)16-7-8-18-15-12-13(17)5-6-14(15)16;5-3(6)1-2-4(7)8/h1,3-8,10-12H,9H2;1-2H,(H,5,6)(H,7,8)/b;2-1-. The Kier molecular flexibility index (Phi) is 7.20. The van der Waals surface area contributed by atoms with Crippen LogP contribution in [0.5, 0.6) is 0 Å². The van der Waals surface area contributed by atoms with Gasteiger partial charge in [-0.2, -0.15) is 0 Å². The number of rotatable bonds is 5. The molecule has 0 aliphatic heterocycles. The van der Waals surface area contributed by atoms with Gasteiger partial charge in [-0.1, -0.05) is 17.5 Å². The summed E-state index contributed by atoms with van der Waals surface area (Å²) in [5.41, 5.74) is 1.85. The highest BCUT2D eigenvalue weighted by Gasteiger charge is 2.11. The monoisotopic (exact) mass is 397 g/mol. The van der Waals surface area contributed by atoms with Crippen LogP contribution in [0.1, 0.15) is 0 Å². The first-order valence-electron chi connectivity index (χ1n) is 7.95. The minimum Gasteiger partial charge on any atom is -0.478 e. The van der Waals surface area contributed by atoms with E-state index in [0.717, 1.165) is 16.6 Å². The van der Waals surface area contributed by atoms with E-state index < -0.39 is 11.9 Å². The molecule has 0 spiro atoms. The minimum atomic E-state index is -1.26. The number of hydrogen-bond donors (Lipinski definition) is 2. The molecule has 1 aromatic carbocycles. The zero-order valence-corrected chi connectivity index (χ0v) is 15.3. The third-order valence-electron chi connectivity index (χ3n) is 3.44. The number of nitrogens with zero attached hydrogens (tertiary/aromatic N) is 3. The first kappa shape index (κ1) is 20.6. The number of carbonyl (C=O) groups is 2. The van der Waals surface area contributed by atoms with Crippen LogP contribution in [0.2, 0.25) is 5.02 Å². The van der Waals surface area contributed by atoms with Gasteiger partial charge in [-0.3, -0.25) is 14.7 Å². The third-order valence-corrected chi connectivity index (χ3v) is 3.67. The Hall–Kier alpha value is -3.76. The number of carboxylic acid groups (broad SMARTS) is 2. The van der Waals surface area contributed by atoms with Crippen molar-refractivity contribution in [3.05, 3.63) is 72.2 Å². The Morgan fingerprint density at radius 2 is 1.82 bits per heavy atom. The third kappa shape index (κ3) is 5.62. The Balaban J connectivity index is 0.000000300. The van der Waals surface area contributed by atoms with E-state index in [9.17, 15) is 9.59 Å². The molecule has 2 heterocycles. The van der Waals surface area contributed by atoms with E-state index in [1.165, 1.54) is 0 Å². The smallest absolute Gasteiger partial charge is 0.328 e. The molecule has 0 saturated heterocycles. The number of anilines is 1. The number of pyridine rings is 1. The van der Waals surface area contributed by atoms with Gasteiger partial charge < -0.3 is 10.2 Å². The van der Waals surface area contributed by atoms with Crippen LogP contribution in [0, 0.1) is 12.3 Å². The molecule has 0 aliphatic carbocycles. The van der Waals surface area contributed by atoms with Gasteiger partial charge in [-0.05, 0) is 36.4 Å². The molecule has 3 aromatic rings. The molecule has 142 valence electrons. The first-order valence-corrected chi connectivity index (χ1v) is 8.32. The fraction of sp³-hybridized carbons (Fsp3) is 0.0500. The fourth-order valence-corrected chi connectivity index (χ4v) is 2.50. The minimum absolute atomic E-state index is 0.469. The molecule has 0 fully saturated rings. The average Bonchev–Trinajstić information content (AvgIpc) is 3.19. The maximum absolute atomic E-state index is 9.55. The van der Waals surface area contributed by atoms with Crippen LogP contribution in [0.25, 0.3) is 10.9 Å². The number of halogens is 1. The Bertz CT molecular complexity index is 1020. The van der Waals surface area contributed by atoms with Crippen molar-refractivity contribution >= 4 is 40.1 Å². The van der Waals surface area contributed by atoms with Crippen LogP contribution in [-0.4, -0.2) is 38.4 Å². The van der Waals surface area contributed by atoms with Crippen molar-refractivity contribution in [2.75, 3.05) is 11.6 Å². The van der Waals surface area contributed by atoms with Crippen LogP contribution in [0.4, 0.5) is 5.69 Å². The topological polar surface area (TPSA) is 95.7 Å². The van der Waals surface area contributed by atoms with Gasteiger partial charge in [0.1, 0.15) is 6.54 Å². The summed E-state index contributed by atoms with van der Waals surface area (Å²) in [5, 5.41) is 19.3. The number of carboxylic acids is 2. The Labute approximate surface area is 166 Å². The summed E-state index contributed by atoms with van der Waals surface area (Å²) in [4.78, 5) is 23.5. The summed E-state index contributed by atoms with van der Waals surface area (Å²) in [5.74, 6) is 0.175. The zero-order valence-electron chi connectivity index (χ0n) is 14.6. The molecule has 7 nitrogen and oxygen atoms in total. The lowest BCUT2D eigenvalue weighted by atomic mass is 10.2. The number of fused-ring (bicyclic) bond motifs is 1. The van der Waals surface area contributed by atoms with E-state index in [2.05, 4.69) is 10.9 Å². The molecule has 0 atom stereocenters. The predicted molar refractivity (Wildman–Crippen MR) is 107 cm³/mol. The van der Waals surface area contributed by atoms with E-state index >= 15 is 0 Å². The molecule has 0 unspecified atom stereocenters. The van der Waals surface area contributed by atoms with Crippen molar-refractivity contribution < 1.29 is 19.8 Å². The lowest BCUT2D eigenvalue weighted by Gasteiger charge is -2.25. The van der Waals surface area contributed by atoms with Crippen molar-refractivity contribution in [1.82, 2.24) is 9.66 Å². The Morgan fingerprint density at radius 3 is 2.39 bits per heavy atom. The lowest BCUT2D eigenvalue weighted by molar-refractivity contribution is -0.134. The van der Waals surface area contributed by atoms with Gasteiger partial charge in [0, 0.05) is 41.2 Å². The maximum Gasteiger partial charge on any atom is 0.328 e. The normalized spacial score (nSPS) is 10.1. The maximum atomic E-state index is 9.55. The largest absolute Gasteiger partial charge is 0.478 e. The summed E-state index contributed by atoms with van der Waals surface area (Å²) in [6.45, 7) is 0.469. The highest BCUT2D eigenvalue weighted by Crippen LogP contribution is 2.27. The average molecular weight is 398 g/mol. The van der Waals surface area contributed by atoms with Gasteiger partial charge >= 0.3 is 11.9 Å².